The van der Waals surface area contributed by atoms with E-state index < -0.39 is 42.5 Å². The predicted octanol–water partition coefficient (Wildman–Crippen LogP) is 0.134. The maximum atomic E-state index is 13.1. The zero-order valence-corrected chi connectivity index (χ0v) is 10.9. The molecule has 1 fully saturated rings. The van der Waals surface area contributed by atoms with Gasteiger partial charge in [-0.3, -0.25) is 4.79 Å². The van der Waals surface area contributed by atoms with E-state index in [0.717, 1.165) is 0 Å². The molecule has 1 aliphatic heterocycles. The van der Waals surface area contributed by atoms with Crippen LogP contribution in [0.3, 0.4) is 0 Å². The van der Waals surface area contributed by atoms with Crippen LogP contribution in [0, 0.1) is 5.41 Å². The minimum absolute atomic E-state index is 0.0223. The number of aliphatic carboxylic acids is 1. The molecule has 116 valence electrons. The summed E-state index contributed by atoms with van der Waals surface area (Å²) in [7, 11) is 1.33. The molecular formula is C11H17F3N2O4. The molecule has 0 aromatic carbocycles. The average molecular weight is 298 g/mol. The van der Waals surface area contributed by atoms with E-state index in [1.54, 1.807) is 0 Å². The molecule has 0 aromatic heterocycles. The van der Waals surface area contributed by atoms with Crippen molar-refractivity contribution in [3.05, 3.63) is 0 Å². The molecule has 0 aliphatic carbocycles. The van der Waals surface area contributed by atoms with Gasteiger partial charge in [0.25, 0.3) is 0 Å². The van der Waals surface area contributed by atoms with Crippen LogP contribution in [-0.4, -0.2) is 56.0 Å². The quantitative estimate of drug-likeness (QED) is 0.649. The van der Waals surface area contributed by atoms with Gasteiger partial charge >= 0.3 is 12.1 Å². The van der Waals surface area contributed by atoms with E-state index in [-0.39, 0.29) is 19.6 Å². The van der Waals surface area contributed by atoms with Crippen molar-refractivity contribution in [2.75, 3.05) is 26.8 Å². The molecular weight excluding hydrogens is 281 g/mol. The fourth-order valence-corrected chi connectivity index (χ4v) is 2.05. The lowest BCUT2D eigenvalue weighted by atomic mass is 9.85. The molecule has 0 radical (unpaired) electrons. The Kier molecular flexibility index (Phi) is 5.35. The number of alkyl halides is 3. The minimum atomic E-state index is -4.73. The molecule has 1 rings (SSSR count). The lowest BCUT2D eigenvalue weighted by Gasteiger charge is -2.30. The summed E-state index contributed by atoms with van der Waals surface area (Å²) < 4.78 is 44.0. The fraction of sp³-hybridized carbons (Fsp3) is 0.818. The molecule has 0 bridgehead atoms. The number of hydrogen-bond acceptors (Lipinski definition) is 4. The van der Waals surface area contributed by atoms with E-state index in [2.05, 4.69) is 10.1 Å². The van der Waals surface area contributed by atoms with Gasteiger partial charge in [0.05, 0.1) is 0 Å². The van der Waals surface area contributed by atoms with Crippen molar-refractivity contribution in [2.45, 2.75) is 25.1 Å². The topological polar surface area (TPSA) is 87.7 Å². The second-order valence-corrected chi connectivity index (χ2v) is 4.65. The summed E-state index contributed by atoms with van der Waals surface area (Å²) in [5.41, 5.74) is -2.56. The van der Waals surface area contributed by atoms with Crippen LogP contribution in [-0.2, 0) is 14.3 Å². The summed E-state index contributed by atoms with van der Waals surface area (Å²) in [6, 6.07) is -1.40. The summed E-state index contributed by atoms with van der Waals surface area (Å²) in [6.45, 7) is -0.462. The molecule has 1 heterocycles. The second kappa shape index (κ2) is 6.40. The molecule has 6 nitrogen and oxygen atoms in total. The molecule has 9 heteroatoms. The van der Waals surface area contributed by atoms with Gasteiger partial charge in [0.1, 0.15) is 6.04 Å². The Bertz CT molecular complexity index is 367. The standard InChI is InChI=1S/C11H17F3N2O4/c1-20-5-2-7(8(17)18)16-9(19)10(11(12,13)14)3-4-15-6-10/h7,15H,2-6H2,1H3,(H,16,19)(H,17,18). The van der Waals surface area contributed by atoms with Gasteiger partial charge in [-0.05, 0) is 13.0 Å². The number of carbonyl (C=O) groups excluding carboxylic acids is 1. The first-order valence-corrected chi connectivity index (χ1v) is 6.05. The zero-order valence-electron chi connectivity index (χ0n) is 10.9. The highest BCUT2D eigenvalue weighted by molar-refractivity contribution is 5.88. The number of hydrogen-bond donors (Lipinski definition) is 3. The Labute approximate surface area is 113 Å². The highest BCUT2D eigenvalue weighted by Crippen LogP contribution is 2.43. The first kappa shape index (κ1) is 16.7. The second-order valence-electron chi connectivity index (χ2n) is 4.65. The SMILES string of the molecule is COCCC(NC(=O)C1(C(F)(F)F)CCNC1)C(=O)O. The van der Waals surface area contributed by atoms with Crippen LogP contribution in [0.1, 0.15) is 12.8 Å². The van der Waals surface area contributed by atoms with Crippen molar-refractivity contribution in [1.82, 2.24) is 10.6 Å². The molecule has 2 atom stereocenters. The first-order chi connectivity index (χ1) is 9.24. The van der Waals surface area contributed by atoms with E-state index in [9.17, 15) is 22.8 Å². The Morgan fingerprint density at radius 1 is 1.50 bits per heavy atom. The van der Waals surface area contributed by atoms with E-state index in [4.69, 9.17) is 5.11 Å². The van der Waals surface area contributed by atoms with Crippen molar-refractivity contribution in [1.29, 1.82) is 0 Å². The smallest absolute Gasteiger partial charge is 0.404 e. The Hall–Kier alpha value is -1.35. The highest BCUT2D eigenvalue weighted by atomic mass is 19.4. The minimum Gasteiger partial charge on any atom is -0.480 e. The van der Waals surface area contributed by atoms with Crippen LogP contribution in [0.4, 0.5) is 13.2 Å². The zero-order chi connectivity index (χ0) is 15.4. The largest absolute Gasteiger partial charge is 0.480 e. The molecule has 0 spiro atoms. The number of nitrogens with one attached hydrogen (secondary N) is 2. The van der Waals surface area contributed by atoms with Gasteiger partial charge < -0.3 is 20.5 Å². The average Bonchev–Trinajstić information content (AvgIpc) is 2.83. The summed E-state index contributed by atoms with van der Waals surface area (Å²) in [6.07, 6.45) is -5.23. The van der Waals surface area contributed by atoms with Gasteiger partial charge in [-0.2, -0.15) is 13.2 Å². The molecule has 0 aromatic rings. The van der Waals surface area contributed by atoms with Crippen molar-refractivity contribution >= 4 is 11.9 Å². The maximum Gasteiger partial charge on any atom is 0.404 e. The third-order valence-corrected chi connectivity index (χ3v) is 3.35. The number of halogens is 3. The molecule has 1 aliphatic rings. The van der Waals surface area contributed by atoms with Gasteiger partial charge in [-0.15, -0.1) is 0 Å². The number of methoxy groups -OCH3 is 1. The van der Waals surface area contributed by atoms with E-state index in [1.165, 1.54) is 7.11 Å². The van der Waals surface area contributed by atoms with Crippen LogP contribution in [0.5, 0.6) is 0 Å². The summed E-state index contributed by atoms with van der Waals surface area (Å²) in [5.74, 6) is -2.70. The Morgan fingerprint density at radius 2 is 2.15 bits per heavy atom. The van der Waals surface area contributed by atoms with Crippen LogP contribution in [0.15, 0.2) is 0 Å². The van der Waals surface area contributed by atoms with Gasteiger partial charge in [-0.25, -0.2) is 4.79 Å². The van der Waals surface area contributed by atoms with Crippen molar-refractivity contribution < 1.29 is 32.6 Å². The summed E-state index contributed by atoms with van der Waals surface area (Å²) in [4.78, 5) is 22.9. The normalized spacial score (nSPS) is 24.4. The third kappa shape index (κ3) is 3.40. The van der Waals surface area contributed by atoms with Crippen molar-refractivity contribution in [3.8, 4) is 0 Å². The van der Waals surface area contributed by atoms with Gasteiger partial charge in [0.15, 0.2) is 5.41 Å². The van der Waals surface area contributed by atoms with E-state index in [1.807, 2.05) is 5.32 Å². The predicted molar refractivity (Wildman–Crippen MR) is 62.0 cm³/mol. The van der Waals surface area contributed by atoms with Crippen molar-refractivity contribution in [2.24, 2.45) is 5.41 Å². The van der Waals surface area contributed by atoms with Crippen LogP contribution < -0.4 is 10.6 Å². The van der Waals surface area contributed by atoms with Crippen LogP contribution in [0.25, 0.3) is 0 Å². The number of carboxylic acid groups (broad SMARTS) is 1. The molecule has 2 unspecified atom stereocenters. The van der Waals surface area contributed by atoms with Gasteiger partial charge in [0, 0.05) is 26.7 Å². The first-order valence-electron chi connectivity index (χ1n) is 6.05. The number of ether oxygens (including phenoxy) is 1. The van der Waals surface area contributed by atoms with Crippen LogP contribution >= 0.6 is 0 Å². The fourth-order valence-electron chi connectivity index (χ4n) is 2.05. The molecule has 1 amide bonds. The Morgan fingerprint density at radius 3 is 2.55 bits per heavy atom. The van der Waals surface area contributed by atoms with Crippen LogP contribution in [0.2, 0.25) is 0 Å². The lowest BCUT2D eigenvalue weighted by Crippen LogP contribution is -2.55. The molecule has 1 saturated heterocycles. The molecule has 20 heavy (non-hydrogen) atoms. The molecule has 0 saturated carbocycles. The number of carbonyl (C=O) groups is 2. The van der Waals surface area contributed by atoms with E-state index in [0.29, 0.717) is 0 Å². The van der Waals surface area contributed by atoms with Crippen molar-refractivity contribution in [3.63, 3.8) is 0 Å². The maximum absolute atomic E-state index is 13.1. The highest BCUT2D eigenvalue weighted by Gasteiger charge is 2.61. The third-order valence-electron chi connectivity index (χ3n) is 3.35. The monoisotopic (exact) mass is 298 g/mol. The number of carboxylic acids is 1. The van der Waals surface area contributed by atoms with Gasteiger partial charge in [0.2, 0.25) is 5.91 Å². The van der Waals surface area contributed by atoms with E-state index >= 15 is 0 Å². The van der Waals surface area contributed by atoms with Gasteiger partial charge in [-0.1, -0.05) is 0 Å². The number of amides is 1. The summed E-state index contributed by atoms with van der Waals surface area (Å²) in [5, 5.41) is 13.4. The lowest BCUT2D eigenvalue weighted by molar-refractivity contribution is -0.216. The molecule has 3 N–H and O–H groups in total. The Balaban J connectivity index is 2.83. The summed E-state index contributed by atoms with van der Waals surface area (Å²) >= 11 is 0. The number of rotatable bonds is 6.